The van der Waals surface area contributed by atoms with E-state index in [4.69, 9.17) is 4.74 Å². The summed E-state index contributed by atoms with van der Waals surface area (Å²) in [6, 6.07) is 8.84. The van der Waals surface area contributed by atoms with E-state index in [1.54, 1.807) is 39.8 Å². The topological polar surface area (TPSA) is 83.9 Å². The Morgan fingerprint density at radius 2 is 1.63 bits per heavy atom. The monoisotopic (exact) mass is 416 g/mol. The van der Waals surface area contributed by atoms with E-state index >= 15 is 0 Å². The molecule has 1 aliphatic rings. The highest BCUT2D eigenvalue weighted by molar-refractivity contribution is 5.95. The number of piperazine rings is 1. The number of amides is 3. The summed E-state index contributed by atoms with van der Waals surface area (Å²) < 4.78 is 19.6. The molecule has 2 aromatic rings. The van der Waals surface area contributed by atoms with Crippen LogP contribution in [0.1, 0.15) is 20.8 Å². The molecule has 0 unspecified atom stereocenters. The van der Waals surface area contributed by atoms with Crippen LogP contribution in [0.3, 0.4) is 0 Å². The van der Waals surface area contributed by atoms with Crippen LogP contribution in [0.5, 0.6) is 0 Å². The molecule has 0 saturated carbocycles. The third-order valence-corrected chi connectivity index (χ3v) is 4.94. The fourth-order valence-electron chi connectivity index (χ4n) is 3.30. The number of hydrogen-bond acceptors (Lipinski definition) is 4. The molecule has 1 aromatic carbocycles. The zero-order chi connectivity index (χ0) is 21.5. The van der Waals surface area contributed by atoms with Crippen LogP contribution in [0.25, 0.3) is 0 Å². The van der Waals surface area contributed by atoms with Gasteiger partial charge in [-0.05, 0) is 36.4 Å². The van der Waals surface area contributed by atoms with Crippen molar-refractivity contribution in [1.82, 2.24) is 19.7 Å². The zero-order valence-electron chi connectivity index (χ0n) is 16.8. The number of hydrogen-bond donors (Lipinski definition) is 1. The van der Waals surface area contributed by atoms with E-state index in [1.165, 1.54) is 24.3 Å². The van der Waals surface area contributed by atoms with E-state index in [2.05, 4.69) is 5.32 Å². The van der Waals surface area contributed by atoms with Gasteiger partial charge in [0.15, 0.2) is 0 Å². The van der Waals surface area contributed by atoms with E-state index < -0.39 is 5.82 Å². The first-order chi connectivity index (χ1) is 14.5. The van der Waals surface area contributed by atoms with Gasteiger partial charge in [0.05, 0.1) is 6.61 Å². The van der Waals surface area contributed by atoms with Crippen molar-refractivity contribution in [2.75, 3.05) is 46.4 Å². The highest BCUT2D eigenvalue weighted by Gasteiger charge is 2.27. The molecule has 3 rings (SSSR count). The quantitative estimate of drug-likeness (QED) is 0.683. The average molecular weight is 416 g/mol. The van der Waals surface area contributed by atoms with E-state index in [9.17, 15) is 18.8 Å². The Hall–Kier alpha value is -3.20. The smallest absolute Gasteiger partial charge is 0.270 e. The number of aromatic nitrogens is 1. The summed E-state index contributed by atoms with van der Waals surface area (Å²) in [6.45, 7) is 2.42. The van der Waals surface area contributed by atoms with Crippen LogP contribution >= 0.6 is 0 Å². The van der Waals surface area contributed by atoms with Gasteiger partial charge in [0, 0.05) is 51.6 Å². The molecule has 1 aromatic heterocycles. The largest absolute Gasteiger partial charge is 0.383 e. The number of ether oxygens (including phenoxy) is 1. The predicted molar refractivity (Wildman–Crippen MR) is 108 cm³/mol. The molecular weight excluding hydrogens is 391 g/mol. The van der Waals surface area contributed by atoms with Gasteiger partial charge in [-0.2, -0.15) is 0 Å². The molecule has 9 heteroatoms. The maximum absolute atomic E-state index is 13.1. The fourth-order valence-corrected chi connectivity index (χ4v) is 3.30. The number of carbonyl (C=O) groups excluding carboxylic acids is 3. The number of halogens is 1. The molecule has 8 nitrogen and oxygen atoms in total. The van der Waals surface area contributed by atoms with E-state index in [0.29, 0.717) is 50.6 Å². The highest BCUT2D eigenvalue weighted by atomic mass is 19.1. The second kappa shape index (κ2) is 10.0. The average Bonchev–Trinajstić information content (AvgIpc) is 3.21. The zero-order valence-corrected chi connectivity index (χ0v) is 16.8. The lowest BCUT2D eigenvalue weighted by Gasteiger charge is -2.35. The van der Waals surface area contributed by atoms with Crippen molar-refractivity contribution in [3.63, 3.8) is 0 Å². The molecule has 1 saturated heterocycles. The SMILES string of the molecule is COCCNC(=O)Cn1cccc1C(=O)N1CCN(C(=O)c2ccc(F)cc2)CC1. The molecule has 1 aliphatic heterocycles. The first-order valence-corrected chi connectivity index (χ1v) is 9.74. The van der Waals surface area contributed by atoms with Crippen molar-refractivity contribution < 1.29 is 23.5 Å². The Kier molecular flexibility index (Phi) is 7.18. The minimum Gasteiger partial charge on any atom is -0.383 e. The lowest BCUT2D eigenvalue weighted by Crippen LogP contribution is -2.51. The maximum Gasteiger partial charge on any atom is 0.270 e. The molecule has 0 aliphatic carbocycles. The molecule has 30 heavy (non-hydrogen) atoms. The number of methoxy groups -OCH3 is 1. The van der Waals surface area contributed by atoms with Crippen molar-refractivity contribution in [2.45, 2.75) is 6.54 Å². The number of nitrogens with one attached hydrogen (secondary N) is 1. The third-order valence-electron chi connectivity index (χ3n) is 4.94. The lowest BCUT2D eigenvalue weighted by molar-refractivity contribution is -0.121. The van der Waals surface area contributed by atoms with Gasteiger partial charge in [-0.3, -0.25) is 14.4 Å². The van der Waals surface area contributed by atoms with Gasteiger partial charge in [-0.1, -0.05) is 0 Å². The van der Waals surface area contributed by atoms with E-state index in [-0.39, 0.29) is 24.3 Å². The molecule has 1 fully saturated rings. The maximum atomic E-state index is 13.1. The summed E-state index contributed by atoms with van der Waals surface area (Å²) in [7, 11) is 1.56. The predicted octanol–water partition coefficient (Wildman–Crippen LogP) is 0.988. The normalized spacial score (nSPS) is 13.9. The van der Waals surface area contributed by atoms with Crippen molar-refractivity contribution >= 4 is 17.7 Å². The summed E-state index contributed by atoms with van der Waals surface area (Å²) in [4.78, 5) is 40.8. The second-order valence-corrected chi connectivity index (χ2v) is 6.96. The molecule has 0 bridgehead atoms. The first-order valence-electron chi connectivity index (χ1n) is 9.74. The Balaban J connectivity index is 1.55. The second-order valence-electron chi connectivity index (χ2n) is 6.96. The summed E-state index contributed by atoms with van der Waals surface area (Å²) in [5.41, 5.74) is 0.847. The Morgan fingerprint density at radius 3 is 2.27 bits per heavy atom. The van der Waals surface area contributed by atoms with E-state index in [0.717, 1.165) is 0 Å². The molecular formula is C21H25FN4O4. The van der Waals surface area contributed by atoms with Gasteiger partial charge in [0.25, 0.3) is 11.8 Å². The van der Waals surface area contributed by atoms with Crippen LogP contribution in [-0.2, 0) is 16.1 Å². The van der Waals surface area contributed by atoms with Gasteiger partial charge in [-0.15, -0.1) is 0 Å². The lowest BCUT2D eigenvalue weighted by atomic mass is 10.1. The van der Waals surface area contributed by atoms with Crippen LogP contribution in [0.15, 0.2) is 42.6 Å². The summed E-state index contributed by atoms with van der Waals surface area (Å²) in [5.74, 6) is -0.957. The first kappa shape index (κ1) is 21.5. The third kappa shape index (κ3) is 5.24. The van der Waals surface area contributed by atoms with Gasteiger partial charge in [0.1, 0.15) is 18.1 Å². The number of rotatable bonds is 7. The van der Waals surface area contributed by atoms with Crippen LogP contribution in [0, 0.1) is 5.82 Å². The summed E-state index contributed by atoms with van der Waals surface area (Å²) in [6.07, 6.45) is 1.69. The molecule has 1 N–H and O–H groups in total. The molecule has 160 valence electrons. The van der Waals surface area contributed by atoms with Crippen molar-refractivity contribution in [1.29, 1.82) is 0 Å². The summed E-state index contributed by atoms with van der Waals surface area (Å²) in [5, 5.41) is 2.73. The molecule has 0 radical (unpaired) electrons. The molecule has 0 atom stereocenters. The van der Waals surface area contributed by atoms with Gasteiger partial charge in [-0.25, -0.2) is 4.39 Å². The van der Waals surface area contributed by atoms with Crippen LogP contribution in [-0.4, -0.2) is 78.5 Å². The standard InChI is InChI=1S/C21H25FN4O4/c1-30-14-8-23-19(27)15-26-9-2-3-18(26)21(29)25-12-10-24(11-13-25)20(28)16-4-6-17(22)7-5-16/h2-7,9H,8,10-15H2,1H3,(H,23,27). The van der Waals surface area contributed by atoms with Crippen LogP contribution < -0.4 is 5.32 Å². The van der Waals surface area contributed by atoms with E-state index in [1.807, 2.05) is 0 Å². The van der Waals surface area contributed by atoms with Crippen molar-refractivity contribution in [3.8, 4) is 0 Å². The minimum absolute atomic E-state index is 0.0425. The van der Waals surface area contributed by atoms with Gasteiger partial charge in [0.2, 0.25) is 5.91 Å². The van der Waals surface area contributed by atoms with Crippen LogP contribution in [0.2, 0.25) is 0 Å². The van der Waals surface area contributed by atoms with Crippen molar-refractivity contribution in [2.24, 2.45) is 0 Å². The number of benzene rings is 1. The van der Waals surface area contributed by atoms with Gasteiger partial charge < -0.3 is 24.4 Å². The fraction of sp³-hybridized carbons (Fsp3) is 0.381. The van der Waals surface area contributed by atoms with Crippen molar-refractivity contribution in [3.05, 3.63) is 59.7 Å². The number of carbonyl (C=O) groups is 3. The summed E-state index contributed by atoms with van der Waals surface area (Å²) >= 11 is 0. The molecule has 0 spiro atoms. The highest BCUT2D eigenvalue weighted by Crippen LogP contribution is 2.13. The van der Waals surface area contributed by atoms with Crippen LogP contribution in [0.4, 0.5) is 4.39 Å². The Morgan fingerprint density at radius 1 is 1.00 bits per heavy atom. The molecule has 2 heterocycles. The molecule has 3 amide bonds. The Labute approximate surface area is 174 Å². The minimum atomic E-state index is -0.391. The number of nitrogens with zero attached hydrogens (tertiary/aromatic N) is 3. The Bertz CT molecular complexity index is 889. The van der Waals surface area contributed by atoms with Gasteiger partial charge >= 0.3 is 0 Å².